The molecule has 0 radical (unpaired) electrons. The highest BCUT2D eigenvalue weighted by Crippen LogP contribution is 2.25. The van der Waals surface area contributed by atoms with Gasteiger partial charge in [-0.15, -0.1) is 0 Å². The van der Waals surface area contributed by atoms with E-state index in [-0.39, 0.29) is 0 Å². The van der Waals surface area contributed by atoms with E-state index in [0.29, 0.717) is 5.92 Å². The molecule has 0 saturated carbocycles. The van der Waals surface area contributed by atoms with Crippen molar-refractivity contribution in [2.24, 2.45) is 5.92 Å². The second kappa shape index (κ2) is 8.20. The van der Waals surface area contributed by atoms with Crippen LogP contribution in [0.25, 0.3) is 11.4 Å². The van der Waals surface area contributed by atoms with Crippen molar-refractivity contribution in [1.82, 2.24) is 15.0 Å². The summed E-state index contributed by atoms with van der Waals surface area (Å²) in [6, 6.07) is 6.06. The summed E-state index contributed by atoms with van der Waals surface area (Å²) in [4.78, 5) is 16.0. The molecule has 0 N–H and O–H groups in total. The molecule has 5 heteroatoms. The Labute approximate surface area is 144 Å². The lowest BCUT2D eigenvalue weighted by Gasteiger charge is -2.33. The van der Waals surface area contributed by atoms with E-state index in [1.54, 1.807) is 12.4 Å². The van der Waals surface area contributed by atoms with Crippen molar-refractivity contribution in [1.29, 1.82) is 0 Å². The van der Waals surface area contributed by atoms with E-state index in [2.05, 4.69) is 29.8 Å². The van der Waals surface area contributed by atoms with Crippen molar-refractivity contribution >= 4 is 5.82 Å². The number of hydrogen-bond donors (Lipinski definition) is 0. The monoisotopic (exact) mass is 326 g/mol. The van der Waals surface area contributed by atoms with E-state index in [0.717, 1.165) is 55.6 Å². The molecule has 3 rings (SSSR count). The SMILES string of the molecule is CCOCC1CCCN(c2cc(CC)nc(-c3ccncc3)n2)C1. The molecule has 0 spiro atoms. The number of nitrogens with zero attached hydrogens (tertiary/aromatic N) is 4. The fraction of sp³-hybridized carbons (Fsp3) is 0.526. The summed E-state index contributed by atoms with van der Waals surface area (Å²) < 4.78 is 5.63. The number of pyridine rings is 1. The largest absolute Gasteiger partial charge is 0.381 e. The lowest BCUT2D eigenvalue weighted by atomic mass is 9.99. The molecular formula is C19H26N4O. The van der Waals surface area contributed by atoms with Gasteiger partial charge in [0, 0.05) is 49.4 Å². The molecule has 24 heavy (non-hydrogen) atoms. The van der Waals surface area contributed by atoms with Gasteiger partial charge in [-0.25, -0.2) is 9.97 Å². The Morgan fingerprint density at radius 2 is 2.04 bits per heavy atom. The summed E-state index contributed by atoms with van der Waals surface area (Å²) >= 11 is 0. The summed E-state index contributed by atoms with van der Waals surface area (Å²) in [5.74, 6) is 2.41. The Balaban J connectivity index is 1.84. The van der Waals surface area contributed by atoms with Crippen LogP contribution in [0.4, 0.5) is 5.82 Å². The molecule has 0 aromatic carbocycles. The van der Waals surface area contributed by atoms with Crippen molar-refractivity contribution < 1.29 is 4.74 Å². The van der Waals surface area contributed by atoms with Crippen LogP contribution in [0.1, 0.15) is 32.4 Å². The maximum Gasteiger partial charge on any atom is 0.161 e. The van der Waals surface area contributed by atoms with Gasteiger partial charge < -0.3 is 9.64 Å². The van der Waals surface area contributed by atoms with Crippen LogP contribution in [0, 0.1) is 5.92 Å². The summed E-state index contributed by atoms with van der Waals surface area (Å²) in [6.45, 7) is 7.89. The number of piperidine rings is 1. The minimum atomic E-state index is 0.586. The molecule has 0 aliphatic carbocycles. The van der Waals surface area contributed by atoms with Crippen molar-refractivity contribution in [2.45, 2.75) is 33.1 Å². The molecule has 1 aliphatic rings. The van der Waals surface area contributed by atoms with Gasteiger partial charge in [-0.2, -0.15) is 0 Å². The van der Waals surface area contributed by atoms with Crippen LogP contribution in [-0.4, -0.2) is 41.3 Å². The number of aryl methyl sites for hydroxylation is 1. The van der Waals surface area contributed by atoms with Crippen LogP contribution in [-0.2, 0) is 11.2 Å². The first-order chi connectivity index (χ1) is 11.8. The standard InChI is InChI=1S/C19H26N4O/c1-3-17-12-18(22-19(21-17)16-7-9-20-10-8-16)23-11-5-6-15(13-23)14-24-4-2/h7-10,12,15H,3-6,11,13-14H2,1-2H3. The van der Waals surface area contributed by atoms with Gasteiger partial charge in [0.1, 0.15) is 5.82 Å². The number of rotatable bonds is 6. The van der Waals surface area contributed by atoms with Gasteiger partial charge in [0.2, 0.25) is 0 Å². The number of anilines is 1. The van der Waals surface area contributed by atoms with E-state index in [1.165, 1.54) is 12.8 Å². The van der Waals surface area contributed by atoms with Gasteiger partial charge in [0.25, 0.3) is 0 Å². The number of hydrogen-bond acceptors (Lipinski definition) is 5. The molecule has 1 fully saturated rings. The van der Waals surface area contributed by atoms with Gasteiger partial charge in [-0.05, 0) is 44.2 Å². The van der Waals surface area contributed by atoms with Crippen molar-refractivity contribution in [2.75, 3.05) is 31.2 Å². The average molecular weight is 326 g/mol. The molecule has 5 nitrogen and oxygen atoms in total. The zero-order valence-corrected chi connectivity index (χ0v) is 14.6. The van der Waals surface area contributed by atoms with E-state index < -0.39 is 0 Å². The first-order valence-corrected chi connectivity index (χ1v) is 8.91. The highest BCUT2D eigenvalue weighted by atomic mass is 16.5. The fourth-order valence-electron chi connectivity index (χ4n) is 3.15. The van der Waals surface area contributed by atoms with E-state index in [4.69, 9.17) is 14.7 Å². The molecule has 0 bridgehead atoms. The second-order valence-electron chi connectivity index (χ2n) is 6.24. The third kappa shape index (κ3) is 4.09. The summed E-state index contributed by atoms with van der Waals surface area (Å²) in [7, 11) is 0. The lowest BCUT2D eigenvalue weighted by Crippen LogP contribution is -2.38. The summed E-state index contributed by atoms with van der Waals surface area (Å²) in [5.41, 5.74) is 2.10. The minimum absolute atomic E-state index is 0.586. The van der Waals surface area contributed by atoms with Gasteiger partial charge in [-0.3, -0.25) is 4.98 Å². The van der Waals surface area contributed by atoms with E-state index in [9.17, 15) is 0 Å². The van der Waals surface area contributed by atoms with Crippen LogP contribution in [0.3, 0.4) is 0 Å². The molecular weight excluding hydrogens is 300 g/mol. The Morgan fingerprint density at radius 1 is 1.21 bits per heavy atom. The van der Waals surface area contributed by atoms with Crippen molar-refractivity contribution in [3.05, 3.63) is 36.3 Å². The molecule has 1 saturated heterocycles. The Morgan fingerprint density at radius 3 is 2.79 bits per heavy atom. The molecule has 0 amide bonds. The normalized spacial score (nSPS) is 17.9. The van der Waals surface area contributed by atoms with E-state index in [1.807, 2.05) is 12.1 Å². The Kier molecular flexibility index (Phi) is 5.75. The first kappa shape index (κ1) is 16.8. The van der Waals surface area contributed by atoms with Crippen molar-refractivity contribution in [3.8, 4) is 11.4 Å². The zero-order valence-electron chi connectivity index (χ0n) is 14.6. The fourth-order valence-corrected chi connectivity index (χ4v) is 3.15. The van der Waals surface area contributed by atoms with Gasteiger partial charge in [0.15, 0.2) is 5.82 Å². The van der Waals surface area contributed by atoms with Gasteiger partial charge in [0.05, 0.1) is 6.61 Å². The maximum atomic E-state index is 5.63. The lowest BCUT2D eigenvalue weighted by molar-refractivity contribution is 0.104. The minimum Gasteiger partial charge on any atom is -0.381 e. The topological polar surface area (TPSA) is 51.1 Å². The maximum absolute atomic E-state index is 5.63. The van der Waals surface area contributed by atoms with Gasteiger partial charge >= 0.3 is 0 Å². The van der Waals surface area contributed by atoms with Crippen molar-refractivity contribution in [3.63, 3.8) is 0 Å². The van der Waals surface area contributed by atoms with Crippen LogP contribution in [0.15, 0.2) is 30.6 Å². The highest BCUT2D eigenvalue weighted by molar-refractivity contribution is 5.57. The third-order valence-corrected chi connectivity index (χ3v) is 4.47. The average Bonchev–Trinajstić information content (AvgIpc) is 2.67. The molecule has 1 unspecified atom stereocenters. The molecule has 1 aliphatic heterocycles. The van der Waals surface area contributed by atoms with Crippen LogP contribution < -0.4 is 4.90 Å². The Bertz CT molecular complexity index is 647. The van der Waals surface area contributed by atoms with Crippen LogP contribution in [0.2, 0.25) is 0 Å². The predicted molar refractivity (Wildman–Crippen MR) is 96.1 cm³/mol. The quantitative estimate of drug-likeness (QED) is 0.815. The van der Waals surface area contributed by atoms with E-state index >= 15 is 0 Å². The molecule has 2 aromatic rings. The van der Waals surface area contributed by atoms with Crippen LogP contribution >= 0.6 is 0 Å². The smallest absolute Gasteiger partial charge is 0.161 e. The molecule has 128 valence electrons. The summed E-state index contributed by atoms with van der Waals surface area (Å²) in [5, 5.41) is 0. The molecule has 3 heterocycles. The summed E-state index contributed by atoms with van der Waals surface area (Å²) in [6.07, 6.45) is 6.91. The number of ether oxygens (including phenoxy) is 1. The highest BCUT2D eigenvalue weighted by Gasteiger charge is 2.22. The van der Waals surface area contributed by atoms with Crippen LogP contribution in [0.5, 0.6) is 0 Å². The van der Waals surface area contributed by atoms with Gasteiger partial charge in [-0.1, -0.05) is 6.92 Å². The molecule has 1 atom stereocenters. The molecule has 2 aromatic heterocycles. The zero-order chi connectivity index (χ0) is 16.8. The first-order valence-electron chi connectivity index (χ1n) is 8.91. The Hall–Kier alpha value is -2.01. The predicted octanol–water partition coefficient (Wildman–Crippen LogP) is 3.35. The second-order valence-corrected chi connectivity index (χ2v) is 6.24. The number of aromatic nitrogens is 3. The third-order valence-electron chi connectivity index (χ3n) is 4.47.